The predicted molar refractivity (Wildman–Crippen MR) is 72.0 cm³/mol. The summed E-state index contributed by atoms with van der Waals surface area (Å²) < 4.78 is 0. The summed E-state index contributed by atoms with van der Waals surface area (Å²) in [6.07, 6.45) is 9.51. The van der Waals surface area contributed by atoms with Crippen LogP contribution in [-0.2, 0) is 0 Å². The van der Waals surface area contributed by atoms with Crippen molar-refractivity contribution in [3.63, 3.8) is 0 Å². The third-order valence-electron chi connectivity index (χ3n) is 4.17. The number of hydrogen-bond acceptors (Lipinski definition) is 3. The molecule has 0 N–H and O–H groups in total. The molecule has 0 aromatic rings. The fraction of sp³-hybridized carbons (Fsp3) is 0.857. The lowest BCUT2D eigenvalue weighted by molar-refractivity contribution is 0.0895. The Morgan fingerprint density at radius 3 is 2.41 bits per heavy atom. The average Bonchev–Trinajstić information content (AvgIpc) is 2.35. The molecular weight excluding hydrogens is 210 g/mol. The highest BCUT2D eigenvalue weighted by molar-refractivity contribution is 4.90. The van der Waals surface area contributed by atoms with Crippen molar-refractivity contribution in [3.8, 4) is 12.3 Å². The van der Waals surface area contributed by atoms with E-state index in [1.165, 1.54) is 45.4 Å². The molecule has 17 heavy (non-hydrogen) atoms. The summed E-state index contributed by atoms with van der Waals surface area (Å²) in [6.45, 7) is 8.00. The number of likely N-dealkylation sites (tertiary alicyclic amines) is 1. The molecule has 2 aliphatic heterocycles. The zero-order valence-corrected chi connectivity index (χ0v) is 11.1. The second kappa shape index (κ2) is 6.39. The van der Waals surface area contributed by atoms with E-state index in [2.05, 4.69) is 27.7 Å². The quantitative estimate of drug-likeness (QED) is 0.668. The summed E-state index contributed by atoms with van der Waals surface area (Å²) in [4.78, 5) is 7.53. The van der Waals surface area contributed by atoms with E-state index >= 15 is 0 Å². The van der Waals surface area contributed by atoms with Gasteiger partial charge in [0.1, 0.15) is 0 Å². The van der Waals surface area contributed by atoms with Crippen molar-refractivity contribution < 1.29 is 0 Å². The Kier molecular flexibility index (Phi) is 4.85. The van der Waals surface area contributed by atoms with Gasteiger partial charge in [-0.2, -0.15) is 0 Å². The minimum Gasteiger partial charge on any atom is -0.302 e. The van der Waals surface area contributed by atoms with Crippen LogP contribution in [-0.4, -0.2) is 73.6 Å². The molecule has 2 saturated heterocycles. The van der Waals surface area contributed by atoms with Gasteiger partial charge in [-0.15, -0.1) is 6.42 Å². The molecule has 2 heterocycles. The molecule has 0 saturated carbocycles. The molecule has 0 aromatic carbocycles. The van der Waals surface area contributed by atoms with Crippen LogP contribution in [0.4, 0.5) is 0 Å². The highest BCUT2D eigenvalue weighted by Gasteiger charge is 2.23. The SMILES string of the molecule is C#CCN1CCN(CC2CCCCN2C)CC1. The van der Waals surface area contributed by atoms with Crippen LogP contribution < -0.4 is 0 Å². The van der Waals surface area contributed by atoms with E-state index < -0.39 is 0 Å². The number of hydrogen-bond donors (Lipinski definition) is 0. The number of likely N-dealkylation sites (N-methyl/N-ethyl adjacent to an activating group) is 1. The molecule has 1 atom stereocenters. The molecule has 2 rings (SSSR count). The van der Waals surface area contributed by atoms with E-state index in [0.29, 0.717) is 0 Å². The Morgan fingerprint density at radius 2 is 1.76 bits per heavy atom. The first-order chi connectivity index (χ1) is 8.29. The second-order valence-corrected chi connectivity index (χ2v) is 5.41. The van der Waals surface area contributed by atoms with Crippen molar-refractivity contribution in [2.45, 2.75) is 25.3 Å². The van der Waals surface area contributed by atoms with E-state index in [9.17, 15) is 0 Å². The third-order valence-corrected chi connectivity index (χ3v) is 4.17. The van der Waals surface area contributed by atoms with Gasteiger partial charge in [-0.05, 0) is 26.4 Å². The Balaban J connectivity index is 1.72. The first-order valence-electron chi connectivity index (χ1n) is 6.88. The minimum atomic E-state index is 0.780. The van der Waals surface area contributed by atoms with E-state index in [4.69, 9.17) is 6.42 Å². The highest BCUT2D eigenvalue weighted by atomic mass is 15.3. The first-order valence-corrected chi connectivity index (χ1v) is 6.88. The molecule has 3 heteroatoms. The number of piperazine rings is 1. The lowest BCUT2D eigenvalue weighted by Gasteiger charge is -2.39. The van der Waals surface area contributed by atoms with Gasteiger partial charge in [0.2, 0.25) is 0 Å². The van der Waals surface area contributed by atoms with Crippen LogP contribution in [0.25, 0.3) is 0 Å². The van der Waals surface area contributed by atoms with Gasteiger partial charge >= 0.3 is 0 Å². The van der Waals surface area contributed by atoms with Crippen LogP contribution in [0.2, 0.25) is 0 Å². The molecule has 2 fully saturated rings. The Bertz CT molecular complexity index is 263. The van der Waals surface area contributed by atoms with Crippen LogP contribution in [0, 0.1) is 12.3 Å². The minimum absolute atomic E-state index is 0.780. The molecule has 1 unspecified atom stereocenters. The van der Waals surface area contributed by atoms with Gasteiger partial charge in [0.05, 0.1) is 6.54 Å². The smallest absolute Gasteiger partial charge is 0.0599 e. The fourth-order valence-electron chi connectivity index (χ4n) is 2.93. The normalized spacial score (nSPS) is 29.1. The predicted octanol–water partition coefficient (Wildman–Crippen LogP) is 0.722. The van der Waals surface area contributed by atoms with Gasteiger partial charge in [0.15, 0.2) is 0 Å². The van der Waals surface area contributed by atoms with Crippen molar-refractivity contribution >= 4 is 0 Å². The van der Waals surface area contributed by atoms with E-state index in [-0.39, 0.29) is 0 Å². The molecular formula is C14H25N3. The van der Waals surface area contributed by atoms with Crippen LogP contribution in [0.15, 0.2) is 0 Å². The third kappa shape index (κ3) is 3.70. The fourth-order valence-corrected chi connectivity index (χ4v) is 2.93. The zero-order chi connectivity index (χ0) is 12.1. The summed E-state index contributed by atoms with van der Waals surface area (Å²) in [7, 11) is 2.28. The van der Waals surface area contributed by atoms with Crippen LogP contribution in [0.1, 0.15) is 19.3 Å². The molecule has 0 radical (unpaired) electrons. The maximum absolute atomic E-state index is 5.35. The van der Waals surface area contributed by atoms with Gasteiger partial charge in [-0.25, -0.2) is 0 Å². The largest absolute Gasteiger partial charge is 0.302 e. The highest BCUT2D eigenvalue weighted by Crippen LogP contribution is 2.16. The van der Waals surface area contributed by atoms with Gasteiger partial charge in [0, 0.05) is 38.8 Å². The Hall–Kier alpha value is -0.560. The maximum atomic E-state index is 5.35. The molecule has 96 valence electrons. The van der Waals surface area contributed by atoms with E-state index in [1.807, 2.05) is 0 Å². The molecule has 0 amide bonds. The summed E-state index contributed by atoms with van der Waals surface area (Å²) in [6, 6.07) is 0.780. The summed E-state index contributed by atoms with van der Waals surface area (Å²) in [5.74, 6) is 2.74. The topological polar surface area (TPSA) is 9.72 Å². The Labute approximate surface area is 106 Å². The lowest BCUT2D eigenvalue weighted by Crippen LogP contribution is -2.51. The van der Waals surface area contributed by atoms with E-state index in [1.54, 1.807) is 0 Å². The molecule has 3 nitrogen and oxygen atoms in total. The van der Waals surface area contributed by atoms with Gasteiger partial charge in [-0.3, -0.25) is 9.80 Å². The van der Waals surface area contributed by atoms with Gasteiger partial charge in [0.25, 0.3) is 0 Å². The molecule has 2 aliphatic rings. The van der Waals surface area contributed by atoms with Crippen LogP contribution in [0.5, 0.6) is 0 Å². The lowest BCUT2D eigenvalue weighted by atomic mass is 10.0. The Morgan fingerprint density at radius 1 is 1.06 bits per heavy atom. The number of nitrogens with zero attached hydrogens (tertiary/aromatic N) is 3. The van der Waals surface area contributed by atoms with Crippen molar-refractivity contribution in [3.05, 3.63) is 0 Å². The molecule has 0 aliphatic carbocycles. The molecule has 0 aromatic heterocycles. The van der Waals surface area contributed by atoms with Crippen LogP contribution >= 0.6 is 0 Å². The summed E-state index contributed by atoms with van der Waals surface area (Å²) in [5.41, 5.74) is 0. The van der Waals surface area contributed by atoms with Crippen molar-refractivity contribution in [1.82, 2.24) is 14.7 Å². The molecule has 0 bridgehead atoms. The van der Waals surface area contributed by atoms with E-state index in [0.717, 1.165) is 25.7 Å². The van der Waals surface area contributed by atoms with Gasteiger partial charge < -0.3 is 4.90 Å². The maximum Gasteiger partial charge on any atom is 0.0599 e. The van der Waals surface area contributed by atoms with Crippen molar-refractivity contribution in [2.24, 2.45) is 0 Å². The summed E-state index contributed by atoms with van der Waals surface area (Å²) >= 11 is 0. The second-order valence-electron chi connectivity index (χ2n) is 5.41. The number of terminal acetylenes is 1. The molecule has 0 spiro atoms. The monoisotopic (exact) mass is 235 g/mol. The number of rotatable bonds is 3. The van der Waals surface area contributed by atoms with Crippen molar-refractivity contribution in [2.75, 3.05) is 52.9 Å². The number of piperidine rings is 1. The zero-order valence-electron chi connectivity index (χ0n) is 11.1. The van der Waals surface area contributed by atoms with Crippen LogP contribution in [0.3, 0.4) is 0 Å². The summed E-state index contributed by atoms with van der Waals surface area (Å²) in [5, 5.41) is 0. The first kappa shape index (κ1) is 12.9. The van der Waals surface area contributed by atoms with Crippen molar-refractivity contribution in [1.29, 1.82) is 0 Å². The standard InChI is InChI=1S/C14H25N3/c1-3-7-16-9-11-17(12-10-16)13-14-6-4-5-8-15(14)2/h1,14H,4-13H2,2H3. The average molecular weight is 235 g/mol. The van der Waals surface area contributed by atoms with Gasteiger partial charge in [-0.1, -0.05) is 12.3 Å².